The standard InChI is InChI=1S/C21H24N2O4S/c1-21(2,22)18(20(26)27-3)23-19(25)17-10-14-7-5-12(8-16(14)28-17)4-6-13-9-15(13)11-24/h5,7-8,10,13,15,18,24H,9,11,22H2,1-3H3,(H,23,25). The molecule has 0 saturated heterocycles. The lowest BCUT2D eigenvalue weighted by molar-refractivity contribution is -0.144. The number of fused-ring (bicyclic) bond motifs is 1. The summed E-state index contributed by atoms with van der Waals surface area (Å²) in [7, 11) is 1.26. The monoisotopic (exact) mass is 400 g/mol. The number of esters is 1. The number of amides is 1. The van der Waals surface area contributed by atoms with Crippen LogP contribution in [0.4, 0.5) is 0 Å². The van der Waals surface area contributed by atoms with Crippen molar-refractivity contribution in [2.24, 2.45) is 17.6 Å². The summed E-state index contributed by atoms with van der Waals surface area (Å²) < 4.78 is 5.69. The van der Waals surface area contributed by atoms with E-state index in [4.69, 9.17) is 15.6 Å². The average molecular weight is 401 g/mol. The topological polar surface area (TPSA) is 102 Å². The first-order valence-corrected chi connectivity index (χ1v) is 9.88. The smallest absolute Gasteiger partial charge is 0.330 e. The summed E-state index contributed by atoms with van der Waals surface area (Å²) in [5.41, 5.74) is 5.93. The molecule has 3 unspecified atom stereocenters. The number of carbonyl (C=O) groups is 2. The third-order valence-electron chi connectivity index (χ3n) is 4.76. The van der Waals surface area contributed by atoms with Crippen LogP contribution < -0.4 is 11.1 Å². The highest BCUT2D eigenvalue weighted by Gasteiger charge is 2.35. The van der Waals surface area contributed by atoms with E-state index in [2.05, 4.69) is 17.2 Å². The minimum absolute atomic E-state index is 0.188. The Hall–Kier alpha value is -2.40. The van der Waals surface area contributed by atoms with Crippen LogP contribution in [0, 0.1) is 23.7 Å². The van der Waals surface area contributed by atoms with Crippen LogP contribution in [-0.4, -0.2) is 42.3 Å². The lowest BCUT2D eigenvalue weighted by Gasteiger charge is -2.28. The van der Waals surface area contributed by atoms with E-state index in [-0.39, 0.29) is 18.4 Å². The van der Waals surface area contributed by atoms with E-state index in [0.29, 0.717) is 10.8 Å². The number of methoxy groups -OCH3 is 1. The predicted octanol–water partition coefficient (Wildman–Crippen LogP) is 1.89. The maximum Gasteiger partial charge on any atom is 0.330 e. The van der Waals surface area contributed by atoms with E-state index in [1.54, 1.807) is 19.9 Å². The Balaban J connectivity index is 1.78. The maximum atomic E-state index is 12.7. The number of carbonyl (C=O) groups excluding carboxylic acids is 2. The van der Waals surface area contributed by atoms with Gasteiger partial charge in [-0.05, 0) is 49.8 Å². The van der Waals surface area contributed by atoms with Gasteiger partial charge in [0, 0.05) is 28.3 Å². The highest BCUT2D eigenvalue weighted by atomic mass is 32.1. The fourth-order valence-corrected chi connectivity index (χ4v) is 3.90. The zero-order valence-electron chi connectivity index (χ0n) is 16.1. The van der Waals surface area contributed by atoms with Gasteiger partial charge in [-0.1, -0.05) is 17.9 Å². The number of hydrogen-bond donors (Lipinski definition) is 3. The van der Waals surface area contributed by atoms with Gasteiger partial charge in [-0.15, -0.1) is 11.3 Å². The molecule has 0 bridgehead atoms. The minimum Gasteiger partial charge on any atom is -0.467 e. The molecule has 7 heteroatoms. The van der Waals surface area contributed by atoms with Crippen molar-refractivity contribution in [2.45, 2.75) is 31.8 Å². The Morgan fingerprint density at radius 1 is 1.43 bits per heavy atom. The molecular weight excluding hydrogens is 376 g/mol. The second-order valence-electron chi connectivity index (χ2n) is 7.67. The van der Waals surface area contributed by atoms with E-state index in [1.165, 1.54) is 18.4 Å². The van der Waals surface area contributed by atoms with Crippen molar-refractivity contribution in [3.8, 4) is 11.8 Å². The number of hydrogen-bond acceptors (Lipinski definition) is 6. The molecule has 0 aliphatic heterocycles. The molecular formula is C21H24N2O4S. The second kappa shape index (κ2) is 7.92. The number of nitrogens with two attached hydrogens (primary N) is 1. The summed E-state index contributed by atoms with van der Waals surface area (Å²) in [5.74, 6) is 5.96. The van der Waals surface area contributed by atoms with Crippen molar-refractivity contribution in [1.82, 2.24) is 5.32 Å². The minimum atomic E-state index is -0.961. The van der Waals surface area contributed by atoms with Crippen LogP contribution in [-0.2, 0) is 9.53 Å². The number of thiophene rings is 1. The van der Waals surface area contributed by atoms with Crippen molar-refractivity contribution in [3.63, 3.8) is 0 Å². The SMILES string of the molecule is COC(=O)C(NC(=O)c1cc2ccc(C#CC3CC3CO)cc2s1)C(C)(C)N. The molecule has 1 saturated carbocycles. The van der Waals surface area contributed by atoms with Gasteiger partial charge >= 0.3 is 5.97 Å². The number of nitrogens with one attached hydrogen (secondary N) is 1. The zero-order valence-corrected chi connectivity index (χ0v) is 16.9. The van der Waals surface area contributed by atoms with Gasteiger partial charge in [0.05, 0.1) is 12.0 Å². The first kappa shape index (κ1) is 20.3. The lowest BCUT2D eigenvalue weighted by atomic mass is 9.96. The quantitative estimate of drug-likeness (QED) is 0.526. The number of aliphatic hydroxyl groups is 1. The Kier molecular flexibility index (Phi) is 5.75. The summed E-state index contributed by atoms with van der Waals surface area (Å²) in [6.07, 6.45) is 0.952. The highest BCUT2D eigenvalue weighted by Crippen LogP contribution is 2.37. The van der Waals surface area contributed by atoms with Crippen LogP contribution in [0.2, 0.25) is 0 Å². The number of benzene rings is 1. The molecule has 6 nitrogen and oxygen atoms in total. The molecule has 1 aliphatic carbocycles. The predicted molar refractivity (Wildman–Crippen MR) is 109 cm³/mol. The molecule has 1 amide bonds. The molecule has 1 aromatic carbocycles. The van der Waals surface area contributed by atoms with Gasteiger partial charge in [0.1, 0.15) is 6.04 Å². The normalized spacial score (nSPS) is 19.5. The number of aliphatic hydroxyl groups excluding tert-OH is 1. The molecule has 28 heavy (non-hydrogen) atoms. The summed E-state index contributed by atoms with van der Waals surface area (Å²) in [6, 6.07) is 6.63. The van der Waals surface area contributed by atoms with Gasteiger partial charge in [-0.2, -0.15) is 0 Å². The van der Waals surface area contributed by atoms with Crippen molar-refractivity contribution >= 4 is 33.3 Å². The van der Waals surface area contributed by atoms with Gasteiger partial charge in [0.15, 0.2) is 0 Å². The van der Waals surface area contributed by atoms with Gasteiger partial charge in [0.2, 0.25) is 0 Å². The third-order valence-corrected chi connectivity index (χ3v) is 5.86. The fraction of sp³-hybridized carbons (Fsp3) is 0.429. The molecule has 0 radical (unpaired) electrons. The van der Waals surface area contributed by atoms with Crippen LogP contribution in [0.15, 0.2) is 24.3 Å². The third kappa shape index (κ3) is 4.53. The van der Waals surface area contributed by atoms with Crippen LogP contribution in [0.25, 0.3) is 10.1 Å². The average Bonchev–Trinajstić information content (AvgIpc) is 3.29. The highest BCUT2D eigenvalue weighted by molar-refractivity contribution is 7.20. The van der Waals surface area contributed by atoms with E-state index in [1.807, 2.05) is 18.2 Å². The molecule has 1 aliphatic rings. The van der Waals surface area contributed by atoms with Crippen LogP contribution in [0.3, 0.4) is 0 Å². The van der Waals surface area contributed by atoms with E-state index < -0.39 is 17.6 Å². The molecule has 148 valence electrons. The molecule has 1 fully saturated rings. The molecule has 0 spiro atoms. The Labute approximate surface area is 168 Å². The van der Waals surface area contributed by atoms with Crippen LogP contribution in [0.1, 0.15) is 35.5 Å². The Morgan fingerprint density at radius 3 is 2.79 bits per heavy atom. The summed E-state index contributed by atoms with van der Waals surface area (Å²) in [4.78, 5) is 25.1. The zero-order chi connectivity index (χ0) is 20.5. The molecule has 3 rings (SSSR count). The van der Waals surface area contributed by atoms with Gasteiger partial charge < -0.3 is 20.9 Å². The fourth-order valence-electron chi connectivity index (χ4n) is 2.89. The molecule has 2 aromatic rings. The van der Waals surface area contributed by atoms with Gasteiger partial charge in [0.25, 0.3) is 5.91 Å². The second-order valence-corrected chi connectivity index (χ2v) is 8.75. The van der Waals surface area contributed by atoms with E-state index >= 15 is 0 Å². The summed E-state index contributed by atoms with van der Waals surface area (Å²) in [6.45, 7) is 3.51. The van der Waals surface area contributed by atoms with E-state index in [0.717, 1.165) is 22.1 Å². The van der Waals surface area contributed by atoms with E-state index in [9.17, 15) is 9.59 Å². The van der Waals surface area contributed by atoms with Crippen LogP contribution >= 0.6 is 11.3 Å². The van der Waals surface area contributed by atoms with Crippen molar-refractivity contribution in [1.29, 1.82) is 0 Å². The lowest BCUT2D eigenvalue weighted by Crippen LogP contribution is -2.59. The van der Waals surface area contributed by atoms with Crippen LogP contribution in [0.5, 0.6) is 0 Å². The molecule has 1 heterocycles. The van der Waals surface area contributed by atoms with Crippen molar-refractivity contribution < 1.29 is 19.4 Å². The molecule has 1 aromatic heterocycles. The largest absolute Gasteiger partial charge is 0.467 e. The first-order chi connectivity index (χ1) is 13.2. The van der Waals surface area contributed by atoms with Crippen molar-refractivity contribution in [2.75, 3.05) is 13.7 Å². The maximum absolute atomic E-state index is 12.7. The van der Waals surface area contributed by atoms with Crippen molar-refractivity contribution in [3.05, 3.63) is 34.7 Å². The Bertz CT molecular complexity index is 964. The number of rotatable bonds is 5. The number of ether oxygens (including phenoxy) is 1. The summed E-state index contributed by atoms with van der Waals surface area (Å²) >= 11 is 1.33. The first-order valence-electron chi connectivity index (χ1n) is 9.06. The van der Waals surface area contributed by atoms with Gasteiger partial charge in [-0.3, -0.25) is 4.79 Å². The Morgan fingerprint density at radius 2 is 2.18 bits per heavy atom. The van der Waals surface area contributed by atoms with Gasteiger partial charge in [-0.25, -0.2) is 4.79 Å². The molecule has 3 atom stereocenters. The molecule has 4 N–H and O–H groups in total. The summed E-state index contributed by atoms with van der Waals surface area (Å²) in [5, 5.41) is 12.7.